The molecule has 3 aromatic carbocycles. The highest BCUT2D eigenvalue weighted by molar-refractivity contribution is 6.32. The fourth-order valence-electron chi connectivity index (χ4n) is 3.19. The monoisotopic (exact) mass is 433 g/mol. The van der Waals surface area contributed by atoms with Crippen LogP contribution in [-0.4, -0.2) is 12.5 Å². The Balaban J connectivity index is 1.65. The van der Waals surface area contributed by atoms with Crippen LogP contribution in [0.2, 0.25) is 5.02 Å². The summed E-state index contributed by atoms with van der Waals surface area (Å²) in [7, 11) is 0. The molecule has 0 aliphatic carbocycles. The Morgan fingerprint density at radius 1 is 1.03 bits per heavy atom. The van der Waals surface area contributed by atoms with Crippen LogP contribution in [0.5, 0.6) is 5.75 Å². The number of benzene rings is 3. The summed E-state index contributed by atoms with van der Waals surface area (Å²) in [4.78, 5) is 25.5. The molecule has 0 spiro atoms. The van der Waals surface area contributed by atoms with Gasteiger partial charge in [0.1, 0.15) is 5.58 Å². The molecule has 6 heteroatoms. The van der Waals surface area contributed by atoms with Crippen molar-refractivity contribution < 1.29 is 13.9 Å². The van der Waals surface area contributed by atoms with E-state index in [0.717, 1.165) is 11.1 Å². The second-order valence-electron chi connectivity index (χ2n) is 7.10. The first-order chi connectivity index (χ1) is 15.0. The van der Waals surface area contributed by atoms with Crippen molar-refractivity contribution in [3.8, 4) is 17.1 Å². The van der Waals surface area contributed by atoms with Crippen LogP contribution < -0.4 is 15.5 Å². The summed E-state index contributed by atoms with van der Waals surface area (Å²) in [5.41, 5.74) is 2.47. The fraction of sp³-hybridized carbons (Fsp3) is 0.120. The number of hydrogen-bond acceptors (Lipinski definition) is 4. The Kier molecular flexibility index (Phi) is 6.05. The Labute approximate surface area is 184 Å². The van der Waals surface area contributed by atoms with Crippen molar-refractivity contribution in [1.82, 2.24) is 5.32 Å². The highest BCUT2D eigenvalue weighted by atomic mass is 35.5. The number of aryl methyl sites for hydroxylation is 1. The van der Waals surface area contributed by atoms with Gasteiger partial charge in [-0.2, -0.15) is 0 Å². The lowest BCUT2D eigenvalue weighted by molar-refractivity contribution is -0.123. The van der Waals surface area contributed by atoms with E-state index in [-0.39, 0.29) is 29.5 Å². The lowest BCUT2D eigenvalue weighted by Gasteiger charge is -2.12. The number of fused-ring (bicyclic) bond motifs is 1. The smallest absolute Gasteiger partial charge is 0.258 e. The van der Waals surface area contributed by atoms with E-state index in [1.165, 1.54) is 0 Å². The lowest BCUT2D eigenvalue weighted by atomic mass is 10.1. The van der Waals surface area contributed by atoms with E-state index in [1.54, 1.807) is 12.1 Å². The number of hydrogen-bond donors (Lipinski definition) is 1. The molecule has 1 heterocycles. The molecule has 31 heavy (non-hydrogen) atoms. The van der Waals surface area contributed by atoms with Crippen molar-refractivity contribution in [2.45, 2.75) is 13.5 Å². The maximum atomic E-state index is 13.2. The minimum Gasteiger partial charge on any atom is -0.476 e. The van der Waals surface area contributed by atoms with Crippen molar-refractivity contribution in [3.05, 3.63) is 99.2 Å². The second kappa shape index (κ2) is 9.06. The van der Waals surface area contributed by atoms with Crippen LogP contribution >= 0.6 is 11.6 Å². The first-order valence-corrected chi connectivity index (χ1v) is 10.2. The quantitative estimate of drug-likeness (QED) is 0.458. The standard InChI is InChI=1S/C25H20ClNO4/c1-16-12-21-19(13-20(16)26)23(29)25(24(31-21)18-10-6-3-7-11-18)30-15-22(28)27-14-17-8-4-2-5-9-17/h2-13H,14-15H2,1H3,(H,27,28). The van der Waals surface area contributed by atoms with Gasteiger partial charge in [0.25, 0.3) is 5.91 Å². The third kappa shape index (κ3) is 4.62. The van der Waals surface area contributed by atoms with Gasteiger partial charge in [0.2, 0.25) is 11.2 Å². The molecule has 4 aromatic rings. The topological polar surface area (TPSA) is 68.5 Å². The number of nitrogens with one attached hydrogen (secondary N) is 1. The average Bonchev–Trinajstić information content (AvgIpc) is 2.79. The summed E-state index contributed by atoms with van der Waals surface area (Å²) in [6.07, 6.45) is 0. The summed E-state index contributed by atoms with van der Waals surface area (Å²) in [5, 5.41) is 3.54. The van der Waals surface area contributed by atoms with E-state index in [1.807, 2.05) is 67.6 Å². The van der Waals surface area contributed by atoms with Gasteiger partial charge in [-0.15, -0.1) is 0 Å². The molecule has 0 aliphatic rings. The van der Waals surface area contributed by atoms with Gasteiger partial charge < -0.3 is 14.5 Å². The highest BCUT2D eigenvalue weighted by Crippen LogP contribution is 2.32. The van der Waals surface area contributed by atoms with Crippen molar-refractivity contribution in [2.24, 2.45) is 0 Å². The molecule has 1 aromatic heterocycles. The molecule has 5 nitrogen and oxygen atoms in total. The summed E-state index contributed by atoms with van der Waals surface area (Å²) in [6.45, 7) is 1.89. The predicted molar refractivity (Wildman–Crippen MR) is 121 cm³/mol. The number of carbonyl (C=O) groups is 1. The molecular formula is C25H20ClNO4. The van der Waals surface area contributed by atoms with Gasteiger partial charge in [-0.05, 0) is 30.2 Å². The summed E-state index contributed by atoms with van der Waals surface area (Å²) < 4.78 is 11.7. The van der Waals surface area contributed by atoms with E-state index in [2.05, 4.69) is 5.32 Å². The normalized spacial score (nSPS) is 10.8. The molecular weight excluding hydrogens is 414 g/mol. The van der Waals surface area contributed by atoms with Gasteiger partial charge in [0.05, 0.1) is 5.39 Å². The first-order valence-electron chi connectivity index (χ1n) is 9.79. The van der Waals surface area contributed by atoms with Gasteiger partial charge in [-0.25, -0.2) is 0 Å². The molecule has 0 fully saturated rings. The number of ether oxygens (including phenoxy) is 1. The van der Waals surface area contributed by atoms with E-state index in [4.69, 9.17) is 20.8 Å². The first kappa shape index (κ1) is 20.7. The average molecular weight is 434 g/mol. The Bertz CT molecular complexity index is 1280. The zero-order valence-corrected chi connectivity index (χ0v) is 17.6. The number of carbonyl (C=O) groups excluding carboxylic acids is 1. The fourth-order valence-corrected chi connectivity index (χ4v) is 3.36. The molecule has 0 saturated carbocycles. The van der Waals surface area contributed by atoms with Crippen LogP contribution in [0.1, 0.15) is 11.1 Å². The molecule has 1 N–H and O–H groups in total. The van der Waals surface area contributed by atoms with E-state index >= 15 is 0 Å². The van der Waals surface area contributed by atoms with Crippen molar-refractivity contribution in [2.75, 3.05) is 6.61 Å². The number of rotatable bonds is 6. The minimum atomic E-state index is -0.377. The molecule has 0 radical (unpaired) electrons. The van der Waals surface area contributed by atoms with Gasteiger partial charge >= 0.3 is 0 Å². The van der Waals surface area contributed by atoms with Crippen molar-refractivity contribution in [1.29, 1.82) is 0 Å². The van der Waals surface area contributed by atoms with Gasteiger partial charge in [-0.1, -0.05) is 72.3 Å². The van der Waals surface area contributed by atoms with Crippen LogP contribution in [0.3, 0.4) is 0 Å². The molecule has 0 unspecified atom stereocenters. The Hall–Kier alpha value is -3.57. The third-order valence-electron chi connectivity index (χ3n) is 4.85. The van der Waals surface area contributed by atoms with Gasteiger partial charge in [-0.3, -0.25) is 9.59 Å². The van der Waals surface area contributed by atoms with Crippen LogP contribution in [-0.2, 0) is 11.3 Å². The maximum absolute atomic E-state index is 13.2. The zero-order chi connectivity index (χ0) is 21.8. The molecule has 156 valence electrons. The van der Waals surface area contributed by atoms with Crippen LogP contribution in [0.15, 0.2) is 82.0 Å². The van der Waals surface area contributed by atoms with E-state index in [9.17, 15) is 9.59 Å². The predicted octanol–water partition coefficient (Wildman–Crippen LogP) is 5.12. The van der Waals surface area contributed by atoms with Crippen LogP contribution in [0, 0.1) is 6.92 Å². The number of halogens is 1. The highest BCUT2D eigenvalue weighted by Gasteiger charge is 2.19. The van der Waals surface area contributed by atoms with Crippen LogP contribution in [0.25, 0.3) is 22.3 Å². The van der Waals surface area contributed by atoms with Crippen molar-refractivity contribution >= 4 is 28.5 Å². The molecule has 0 bridgehead atoms. The number of amides is 1. The molecule has 0 aliphatic heterocycles. The summed E-state index contributed by atoms with van der Waals surface area (Å²) in [6, 6.07) is 22.0. The van der Waals surface area contributed by atoms with Gasteiger partial charge in [0, 0.05) is 17.1 Å². The van der Waals surface area contributed by atoms with Gasteiger partial charge in [0.15, 0.2) is 12.4 Å². The second-order valence-corrected chi connectivity index (χ2v) is 7.51. The van der Waals surface area contributed by atoms with Crippen LogP contribution in [0.4, 0.5) is 0 Å². The lowest BCUT2D eigenvalue weighted by Crippen LogP contribution is -2.29. The third-order valence-corrected chi connectivity index (χ3v) is 5.25. The maximum Gasteiger partial charge on any atom is 0.258 e. The largest absolute Gasteiger partial charge is 0.476 e. The summed E-state index contributed by atoms with van der Waals surface area (Å²) >= 11 is 6.21. The molecule has 0 saturated heterocycles. The minimum absolute atomic E-state index is 0.0199. The zero-order valence-electron chi connectivity index (χ0n) is 16.9. The van der Waals surface area contributed by atoms with E-state index < -0.39 is 0 Å². The van der Waals surface area contributed by atoms with E-state index in [0.29, 0.717) is 28.1 Å². The SMILES string of the molecule is Cc1cc2oc(-c3ccccc3)c(OCC(=O)NCc3ccccc3)c(=O)c2cc1Cl. The Morgan fingerprint density at radius 3 is 2.42 bits per heavy atom. The molecule has 1 amide bonds. The summed E-state index contributed by atoms with van der Waals surface area (Å²) in [5.74, 6) is -0.0894. The molecule has 0 atom stereocenters. The molecule has 4 rings (SSSR count). The Morgan fingerprint density at radius 2 is 1.71 bits per heavy atom. The van der Waals surface area contributed by atoms with Crippen molar-refractivity contribution in [3.63, 3.8) is 0 Å².